The van der Waals surface area contributed by atoms with E-state index in [1.165, 1.54) is 19.6 Å². The molecule has 0 spiro atoms. The van der Waals surface area contributed by atoms with E-state index in [0.29, 0.717) is 12.1 Å². The zero-order chi connectivity index (χ0) is 13.2. The first-order valence-electron chi connectivity index (χ1n) is 7.31. The molecule has 3 rings (SSSR count). The SMILES string of the molecule is CC(C)N(C(C)C)[Si]12NCCN(CCN1)CCN2. The molecule has 3 fully saturated rings. The standard InChI is InChI=1S/C12H29N5Si/c1-11(2)17(12(3)4)18-13-5-8-16(9-6-14-18)10-7-15-18/h11-15H,5-10H2,1-4H3. The Kier molecular flexibility index (Phi) is 4.79. The van der Waals surface area contributed by atoms with Gasteiger partial charge in [-0.2, -0.15) is 0 Å². The van der Waals surface area contributed by atoms with Crippen molar-refractivity contribution in [3.63, 3.8) is 0 Å². The molecule has 18 heavy (non-hydrogen) atoms. The molecule has 3 N–H and O–H groups in total. The maximum absolute atomic E-state index is 3.83. The Labute approximate surface area is 113 Å². The highest BCUT2D eigenvalue weighted by Crippen LogP contribution is 2.13. The summed E-state index contributed by atoms with van der Waals surface area (Å²) in [5.41, 5.74) is 0. The Balaban J connectivity index is 2.22. The minimum atomic E-state index is -1.93. The van der Waals surface area contributed by atoms with Crippen molar-refractivity contribution >= 4 is 8.72 Å². The van der Waals surface area contributed by atoms with E-state index in [1.54, 1.807) is 0 Å². The van der Waals surface area contributed by atoms with Gasteiger partial charge in [0.05, 0.1) is 0 Å². The van der Waals surface area contributed by atoms with E-state index >= 15 is 0 Å². The fraction of sp³-hybridized carbons (Fsp3) is 1.00. The van der Waals surface area contributed by atoms with Crippen LogP contribution in [0.15, 0.2) is 0 Å². The molecule has 0 unspecified atom stereocenters. The molecule has 5 nitrogen and oxygen atoms in total. The molecule has 0 amide bonds. The summed E-state index contributed by atoms with van der Waals surface area (Å²) in [5, 5.41) is 0. The van der Waals surface area contributed by atoms with Gasteiger partial charge in [0.15, 0.2) is 0 Å². The van der Waals surface area contributed by atoms with Crippen LogP contribution in [-0.2, 0) is 0 Å². The average Bonchev–Trinajstić information content (AvgIpc) is 2.17. The first-order valence-corrected chi connectivity index (χ1v) is 9.26. The summed E-state index contributed by atoms with van der Waals surface area (Å²) in [7, 11) is -1.93. The van der Waals surface area contributed by atoms with Crippen LogP contribution in [0, 0.1) is 0 Å². The third-order valence-corrected chi connectivity index (χ3v) is 8.02. The van der Waals surface area contributed by atoms with Gasteiger partial charge in [0.2, 0.25) is 0 Å². The quantitative estimate of drug-likeness (QED) is 0.612. The lowest BCUT2D eigenvalue weighted by molar-refractivity contribution is 0.223. The normalized spacial score (nSPS) is 33.8. The Morgan fingerprint density at radius 3 is 1.56 bits per heavy atom. The van der Waals surface area contributed by atoms with Crippen molar-refractivity contribution in [3.8, 4) is 0 Å². The third-order valence-electron chi connectivity index (χ3n) is 3.93. The highest BCUT2D eigenvalue weighted by Gasteiger charge is 2.45. The van der Waals surface area contributed by atoms with Crippen molar-refractivity contribution in [3.05, 3.63) is 0 Å². The first kappa shape index (κ1) is 14.4. The molecular weight excluding hydrogens is 242 g/mol. The van der Waals surface area contributed by atoms with E-state index in [2.05, 4.69) is 52.1 Å². The van der Waals surface area contributed by atoms with Gasteiger partial charge in [-0.1, -0.05) is 27.7 Å². The van der Waals surface area contributed by atoms with Gasteiger partial charge in [0.25, 0.3) is 0 Å². The smallest absolute Gasteiger partial charge is 0.300 e. The lowest BCUT2D eigenvalue weighted by Gasteiger charge is -2.50. The largest absolute Gasteiger partial charge is 0.369 e. The Bertz CT molecular complexity index is 237. The topological polar surface area (TPSA) is 42.6 Å². The predicted octanol–water partition coefficient (Wildman–Crippen LogP) is -0.361. The highest BCUT2D eigenvalue weighted by molar-refractivity contribution is 6.70. The predicted molar refractivity (Wildman–Crippen MR) is 78.3 cm³/mol. The number of hydrogen-bond acceptors (Lipinski definition) is 5. The summed E-state index contributed by atoms with van der Waals surface area (Å²) < 4.78 is 2.65. The minimum absolute atomic E-state index is 0.555. The van der Waals surface area contributed by atoms with E-state index in [1.807, 2.05) is 0 Å². The summed E-state index contributed by atoms with van der Waals surface area (Å²) in [6, 6.07) is 1.11. The van der Waals surface area contributed by atoms with Crippen LogP contribution in [0.25, 0.3) is 0 Å². The molecule has 3 aliphatic heterocycles. The van der Waals surface area contributed by atoms with Crippen LogP contribution in [0.2, 0.25) is 0 Å². The summed E-state index contributed by atoms with van der Waals surface area (Å²) in [5.74, 6) is 0. The van der Waals surface area contributed by atoms with Gasteiger partial charge in [0.1, 0.15) is 0 Å². The van der Waals surface area contributed by atoms with Gasteiger partial charge in [-0.25, -0.2) is 0 Å². The van der Waals surface area contributed by atoms with Crippen LogP contribution in [0.4, 0.5) is 0 Å². The molecule has 0 aromatic heterocycles. The molecule has 0 aromatic carbocycles. The zero-order valence-corrected chi connectivity index (χ0v) is 13.3. The number of fused-ring (bicyclic) bond motifs is 6. The van der Waals surface area contributed by atoms with Crippen molar-refractivity contribution in [1.82, 2.24) is 24.4 Å². The lowest BCUT2D eigenvalue weighted by atomic mass is 10.3. The first-order chi connectivity index (χ1) is 8.55. The lowest BCUT2D eigenvalue weighted by Crippen LogP contribution is -2.86. The van der Waals surface area contributed by atoms with E-state index in [9.17, 15) is 0 Å². The molecular formula is C12H29N5Si. The fourth-order valence-electron chi connectivity index (χ4n) is 3.35. The number of nitrogens with zero attached hydrogens (tertiary/aromatic N) is 2. The van der Waals surface area contributed by atoms with Crippen molar-refractivity contribution < 1.29 is 0 Å². The Morgan fingerprint density at radius 2 is 1.22 bits per heavy atom. The third kappa shape index (κ3) is 2.95. The molecule has 3 saturated heterocycles. The summed E-state index contributed by atoms with van der Waals surface area (Å²) in [4.78, 5) is 14.0. The maximum Gasteiger partial charge on any atom is 0.369 e. The van der Waals surface area contributed by atoms with Crippen molar-refractivity contribution in [2.45, 2.75) is 39.8 Å². The zero-order valence-electron chi connectivity index (χ0n) is 12.3. The van der Waals surface area contributed by atoms with Gasteiger partial charge < -0.3 is 0 Å². The molecule has 0 aromatic rings. The van der Waals surface area contributed by atoms with Crippen LogP contribution in [0.5, 0.6) is 0 Å². The molecule has 0 atom stereocenters. The van der Waals surface area contributed by atoms with Crippen LogP contribution in [0.3, 0.4) is 0 Å². The number of rotatable bonds is 3. The van der Waals surface area contributed by atoms with Crippen LogP contribution >= 0.6 is 0 Å². The van der Waals surface area contributed by atoms with Crippen LogP contribution < -0.4 is 14.9 Å². The molecule has 6 heteroatoms. The molecule has 0 aliphatic carbocycles. The minimum Gasteiger partial charge on any atom is -0.300 e. The second-order valence-corrected chi connectivity index (χ2v) is 8.93. The average molecular weight is 271 g/mol. The summed E-state index contributed by atoms with van der Waals surface area (Å²) >= 11 is 0. The van der Waals surface area contributed by atoms with Gasteiger partial charge in [-0.15, -0.1) is 0 Å². The van der Waals surface area contributed by atoms with Crippen molar-refractivity contribution in [2.24, 2.45) is 0 Å². The van der Waals surface area contributed by atoms with E-state index in [-0.39, 0.29) is 0 Å². The summed E-state index contributed by atoms with van der Waals surface area (Å²) in [6.07, 6.45) is 0. The van der Waals surface area contributed by atoms with E-state index < -0.39 is 8.72 Å². The van der Waals surface area contributed by atoms with Gasteiger partial charge in [-0.3, -0.25) is 24.4 Å². The molecule has 2 bridgehead atoms. The Hall–Kier alpha value is 0.0169. The molecule has 3 aliphatic rings. The van der Waals surface area contributed by atoms with Gasteiger partial charge in [-0.05, 0) is 0 Å². The maximum atomic E-state index is 3.83. The Morgan fingerprint density at radius 1 is 0.833 bits per heavy atom. The second-order valence-electron chi connectivity index (χ2n) is 5.93. The van der Waals surface area contributed by atoms with E-state index in [4.69, 9.17) is 0 Å². The van der Waals surface area contributed by atoms with Gasteiger partial charge in [0, 0.05) is 51.4 Å². The second kappa shape index (κ2) is 5.98. The number of hydrogen-bond donors (Lipinski definition) is 3. The van der Waals surface area contributed by atoms with Crippen LogP contribution in [-0.4, -0.2) is 69.5 Å². The molecule has 0 saturated carbocycles. The summed E-state index contributed by atoms with van der Waals surface area (Å²) in [6.45, 7) is 16.0. The van der Waals surface area contributed by atoms with E-state index in [0.717, 1.165) is 19.6 Å². The van der Waals surface area contributed by atoms with Crippen molar-refractivity contribution in [1.29, 1.82) is 0 Å². The van der Waals surface area contributed by atoms with Crippen LogP contribution in [0.1, 0.15) is 27.7 Å². The molecule has 3 heterocycles. The molecule has 0 radical (unpaired) electrons. The molecule has 106 valence electrons. The fourth-order valence-corrected chi connectivity index (χ4v) is 7.25. The number of nitrogens with one attached hydrogen (secondary N) is 3. The highest BCUT2D eigenvalue weighted by atomic mass is 28.4. The van der Waals surface area contributed by atoms with Gasteiger partial charge >= 0.3 is 8.72 Å². The monoisotopic (exact) mass is 271 g/mol. The van der Waals surface area contributed by atoms with Crippen molar-refractivity contribution in [2.75, 3.05) is 39.3 Å².